The Kier molecular flexibility index (Phi) is 4.32. The van der Waals surface area contributed by atoms with Crippen LogP contribution in [-0.4, -0.2) is 16.7 Å². The molecule has 4 nitrogen and oxygen atoms in total. The van der Waals surface area contributed by atoms with E-state index in [1.165, 1.54) is 4.90 Å². The normalized spacial score (nSPS) is 16.6. The third kappa shape index (κ3) is 3.20. The van der Waals surface area contributed by atoms with Gasteiger partial charge in [-0.1, -0.05) is 18.2 Å². The summed E-state index contributed by atoms with van der Waals surface area (Å²) >= 11 is 0. The first-order chi connectivity index (χ1) is 9.11. The second-order valence-corrected chi connectivity index (χ2v) is 5.05. The zero-order valence-corrected chi connectivity index (χ0v) is 11.3. The van der Waals surface area contributed by atoms with Crippen LogP contribution in [0.15, 0.2) is 18.2 Å². The maximum atomic E-state index is 11.9. The molecule has 0 radical (unpaired) electrons. The van der Waals surface area contributed by atoms with E-state index in [9.17, 15) is 9.59 Å². The minimum absolute atomic E-state index is 0.0511. The van der Waals surface area contributed by atoms with Crippen LogP contribution in [-0.2, 0) is 22.7 Å². The molecule has 0 aliphatic carbocycles. The number of hydrogen-bond acceptors (Lipinski definition) is 3. The number of benzene rings is 1. The fourth-order valence-corrected chi connectivity index (χ4v) is 2.37. The lowest BCUT2D eigenvalue weighted by Crippen LogP contribution is -2.34. The van der Waals surface area contributed by atoms with Crippen LogP contribution in [0, 0.1) is 6.92 Å². The van der Waals surface area contributed by atoms with Crippen LogP contribution >= 0.6 is 0 Å². The molecule has 19 heavy (non-hydrogen) atoms. The van der Waals surface area contributed by atoms with Gasteiger partial charge in [0.2, 0.25) is 11.8 Å². The highest BCUT2D eigenvalue weighted by molar-refractivity contribution is 5.95. The monoisotopic (exact) mass is 260 g/mol. The van der Waals surface area contributed by atoms with Crippen LogP contribution in [0.25, 0.3) is 0 Å². The van der Waals surface area contributed by atoms with Crippen molar-refractivity contribution in [3.05, 3.63) is 34.9 Å². The molecule has 0 aromatic heterocycles. The van der Waals surface area contributed by atoms with Crippen LogP contribution in [0.4, 0.5) is 0 Å². The van der Waals surface area contributed by atoms with Crippen molar-refractivity contribution in [2.24, 2.45) is 5.73 Å². The van der Waals surface area contributed by atoms with E-state index >= 15 is 0 Å². The summed E-state index contributed by atoms with van der Waals surface area (Å²) in [5, 5.41) is 0. The van der Waals surface area contributed by atoms with Crippen LogP contribution in [0.2, 0.25) is 0 Å². The number of rotatable bonds is 3. The Morgan fingerprint density at radius 3 is 2.32 bits per heavy atom. The van der Waals surface area contributed by atoms with Crippen LogP contribution in [0.3, 0.4) is 0 Å². The average Bonchev–Trinajstić information content (AvgIpc) is 2.55. The number of imide groups is 1. The van der Waals surface area contributed by atoms with E-state index < -0.39 is 0 Å². The molecule has 1 saturated heterocycles. The maximum absolute atomic E-state index is 11.9. The van der Waals surface area contributed by atoms with Gasteiger partial charge in [0.1, 0.15) is 0 Å². The van der Waals surface area contributed by atoms with E-state index in [1.807, 2.05) is 25.1 Å². The second-order valence-electron chi connectivity index (χ2n) is 5.05. The van der Waals surface area contributed by atoms with Gasteiger partial charge in [-0.25, -0.2) is 0 Å². The third-order valence-electron chi connectivity index (χ3n) is 3.60. The van der Waals surface area contributed by atoms with Crippen molar-refractivity contribution in [2.75, 3.05) is 0 Å². The average molecular weight is 260 g/mol. The summed E-state index contributed by atoms with van der Waals surface area (Å²) in [6.07, 6.45) is 2.58. The molecule has 1 aromatic rings. The molecule has 1 aliphatic rings. The molecular weight excluding hydrogens is 240 g/mol. The highest BCUT2D eigenvalue weighted by Crippen LogP contribution is 2.18. The van der Waals surface area contributed by atoms with Gasteiger partial charge >= 0.3 is 0 Å². The van der Waals surface area contributed by atoms with Crippen molar-refractivity contribution in [3.63, 3.8) is 0 Å². The molecule has 2 rings (SSSR count). The Bertz CT molecular complexity index is 479. The van der Waals surface area contributed by atoms with Gasteiger partial charge < -0.3 is 5.73 Å². The molecule has 0 bridgehead atoms. The number of likely N-dealkylation sites (tertiary alicyclic amines) is 1. The molecule has 2 N–H and O–H groups in total. The summed E-state index contributed by atoms with van der Waals surface area (Å²) in [4.78, 5) is 25.3. The van der Waals surface area contributed by atoms with Crippen molar-refractivity contribution in [2.45, 2.75) is 45.7 Å². The van der Waals surface area contributed by atoms with E-state index in [2.05, 4.69) is 0 Å². The molecule has 2 amide bonds. The summed E-state index contributed by atoms with van der Waals surface area (Å²) in [5.41, 5.74) is 8.76. The van der Waals surface area contributed by atoms with Crippen molar-refractivity contribution >= 4 is 11.8 Å². The van der Waals surface area contributed by atoms with Gasteiger partial charge in [0.15, 0.2) is 0 Å². The first kappa shape index (κ1) is 13.7. The fourth-order valence-electron chi connectivity index (χ4n) is 2.37. The minimum atomic E-state index is -0.0511. The smallest absolute Gasteiger partial charge is 0.229 e. The first-order valence-electron chi connectivity index (χ1n) is 6.73. The van der Waals surface area contributed by atoms with Crippen molar-refractivity contribution in [1.29, 1.82) is 0 Å². The highest BCUT2D eigenvalue weighted by Gasteiger charge is 2.24. The zero-order valence-electron chi connectivity index (χ0n) is 11.3. The first-order valence-corrected chi connectivity index (χ1v) is 6.73. The molecule has 1 aliphatic heterocycles. The number of nitrogens with zero attached hydrogens (tertiary/aromatic N) is 1. The van der Waals surface area contributed by atoms with Crippen LogP contribution in [0.1, 0.15) is 42.4 Å². The number of amides is 2. The molecule has 1 aromatic carbocycles. The van der Waals surface area contributed by atoms with Crippen LogP contribution in [0.5, 0.6) is 0 Å². The third-order valence-corrected chi connectivity index (χ3v) is 3.60. The lowest BCUT2D eigenvalue weighted by molar-refractivity contribution is -0.144. The van der Waals surface area contributed by atoms with E-state index in [-0.39, 0.29) is 11.8 Å². The Morgan fingerprint density at radius 2 is 1.79 bits per heavy atom. The fraction of sp³-hybridized carbons (Fsp3) is 0.467. The predicted molar refractivity (Wildman–Crippen MR) is 73.1 cm³/mol. The molecule has 102 valence electrons. The molecule has 1 heterocycles. The number of hydrogen-bond donors (Lipinski definition) is 1. The van der Waals surface area contributed by atoms with Gasteiger partial charge in [0, 0.05) is 19.4 Å². The molecule has 4 heteroatoms. The van der Waals surface area contributed by atoms with Gasteiger partial charge in [0.25, 0.3) is 0 Å². The van der Waals surface area contributed by atoms with Gasteiger partial charge in [0.05, 0.1) is 6.54 Å². The van der Waals surface area contributed by atoms with E-state index in [0.717, 1.165) is 29.5 Å². The topological polar surface area (TPSA) is 63.4 Å². The Balaban J connectivity index is 2.19. The summed E-state index contributed by atoms with van der Waals surface area (Å²) in [6.45, 7) is 2.87. The van der Waals surface area contributed by atoms with Gasteiger partial charge in [-0.2, -0.15) is 0 Å². The Hall–Kier alpha value is -1.68. The van der Waals surface area contributed by atoms with Crippen LogP contribution < -0.4 is 5.73 Å². The van der Waals surface area contributed by atoms with Gasteiger partial charge in [-0.05, 0) is 36.5 Å². The summed E-state index contributed by atoms with van der Waals surface area (Å²) in [7, 11) is 0. The van der Waals surface area contributed by atoms with E-state index in [0.29, 0.717) is 25.9 Å². The SMILES string of the molecule is Cc1cc(CN)ccc1CN1C(=O)CCCCC1=O. The lowest BCUT2D eigenvalue weighted by Gasteiger charge is -2.20. The Morgan fingerprint density at radius 1 is 1.16 bits per heavy atom. The molecular formula is C15H20N2O2. The number of carbonyl (C=O) groups is 2. The maximum Gasteiger partial charge on any atom is 0.229 e. The van der Waals surface area contributed by atoms with Gasteiger partial charge in [-0.15, -0.1) is 0 Å². The molecule has 0 spiro atoms. The quantitative estimate of drug-likeness (QED) is 0.844. The number of carbonyl (C=O) groups excluding carboxylic acids is 2. The van der Waals surface area contributed by atoms with Gasteiger partial charge in [-0.3, -0.25) is 14.5 Å². The van der Waals surface area contributed by atoms with Crippen molar-refractivity contribution in [3.8, 4) is 0 Å². The minimum Gasteiger partial charge on any atom is -0.326 e. The largest absolute Gasteiger partial charge is 0.326 e. The standard InChI is InChI=1S/C15H20N2O2/c1-11-8-12(9-16)6-7-13(11)10-17-14(18)4-2-3-5-15(17)19/h6-8H,2-5,9-10,16H2,1H3. The number of nitrogens with two attached hydrogens (primary N) is 1. The van der Waals surface area contributed by atoms with E-state index in [1.54, 1.807) is 0 Å². The molecule has 0 saturated carbocycles. The summed E-state index contributed by atoms with van der Waals surface area (Å²) in [6, 6.07) is 5.93. The zero-order chi connectivity index (χ0) is 13.8. The summed E-state index contributed by atoms with van der Waals surface area (Å²) < 4.78 is 0. The van der Waals surface area contributed by atoms with Crippen molar-refractivity contribution in [1.82, 2.24) is 4.90 Å². The summed E-state index contributed by atoms with van der Waals surface area (Å²) in [5.74, 6) is -0.102. The second kappa shape index (κ2) is 5.97. The number of aryl methyl sites for hydroxylation is 1. The molecule has 1 fully saturated rings. The highest BCUT2D eigenvalue weighted by atomic mass is 16.2. The lowest BCUT2D eigenvalue weighted by atomic mass is 10.0. The Labute approximate surface area is 113 Å². The van der Waals surface area contributed by atoms with E-state index in [4.69, 9.17) is 5.73 Å². The molecule has 0 unspecified atom stereocenters. The van der Waals surface area contributed by atoms with Crippen molar-refractivity contribution < 1.29 is 9.59 Å². The predicted octanol–water partition coefficient (Wildman–Crippen LogP) is 1.88. The molecule has 0 atom stereocenters.